The van der Waals surface area contributed by atoms with Crippen LogP contribution in [0.5, 0.6) is 0 Å². The Morgan fingerprint density at radius 1 is 1.21 bits per heavy atom. The molecule has 0 aromatic rings. The van der Waals surface area contributed by atoms with Gasteiger partial charge in [-0.3, -0.25) is 4.79 Å². The molecular formula is C18H29N3O3. The Morgan fingerprint density at radius 2 is 1.88 bits per heavy atom. The van der Waals surface area contributed by atoms with E-state index in [2.05, 4.69) is 10.2 Å². The van der Waals surface area contributed by atoms with Gasteiger partial charge < -0.3 is 19.9 Å². The van der Waals surface area contributed by atoms with E-state index in [0.717, 1.165) is 58.2 Å². The van der Waals surface area contributed by atoms with Crippen molar-refractivity contribution < 1.29 is 14.3 Å². The van der Waals surface area contributed by atoms with Gasteiger partial charge in [0.25, 0.3) is 0 Å². The number of hydrogen-bond donors (Lipinski definition) is 1. The van der Waals surface area contributed by atoms with Gasteiger partial charge in [0.1, 0.15) is 0 Å². The molecule has 0 aromatic carbocycles. The zero-order valence-electron chi connectivity index (χ0n) is 14.6. The van der Waals surface area contributed by atoms with Crippen LogP contribution in [-0.2, 0) is 9.53 Å². The Bertz CT molecular complexity index is 502. The number of carbonyl (C=O) groups excluding carboxylic acids is 2. The number of carbonyl (C=O) groups is 2. The summed E-state index contributed by atoms with van der Waals surface area (Å²) >= 11 is 0. The van der Waals surface area contributed by atoms with Gasteiger partial charge in [0.2, 0.25) is 5.91 Å². The number of fused-ring (bicyclic) bond motifs is 2. The molecule has 6 heteroatoms. The predicted octanol–water partition coefficient (Wildman–Crippen LogP) is 1.74. The molecule has 1 N–H and O–H groups in total. The Labute approximate surface area is 143 Å². The number of ether oxygens (including phenoxy) is 1. The van der Waals surface area contributed by atoms with Gasteiger partial charge in [0.15, 0.2) is 0 Å². The van der Waals surface area contributed by atoms with E-state index in [4.69, 9.17) is 4.74 Å². The zero-order chi connectivity index (χ0) is 16.7. The number of likely N-dealkylation sites (tertiary alicyclic amines) is 1. The lowest BCUT2D eigenvalue weighted by molar-refractivity contribution is -0.119. The average molecular weight is 335 g/mol. The number of amides is 2. The van der Waals surface area contributed by atoms with E-state index in [1.807, 2.05) is 11.8 Å². The minimum absolute atomic E-state index is 0.114. The largest absolute Gasteiger partial charge is 0.450 e. The van der Waals surface area contributed by atoms with Gasteiger partial charge in [-0.05, 0) is 64.0 Å². The van der Waals surface area contributed by atoms with Gasteiger partial charge in [-0.2, -0.15) is 0 Å². The summed E-state index contributed by atoms with van der Waals surface area (Å²) < 4.78 is 5.25. The van der Waals surface area contributed by atoms with E-state index in [1.165, 1.54) is 0 Å². The normalized spacial score (nSPS) is 35.3. The van der Waals surface area contributed by atoms with Crippen LogP contribution in [-0.4, -0.2) is 66.2 Å². The second-order valence-electron chi connectivity index (χ2n) is 8.11. The minimum Gasteiger partial charge on any atom is -0.450 e. The Morgan fingerprint density at radius 3 is 2.42 bits per heavy atom. The van der Waals surface area contributed by atoms with Crippen molar-refractivity contribution in [2.45, 2.75) is 70.0 Å². The lowest BCUT2D eigenvalue weighted by Gasteiger charge is -2.46. The van der Waals surface area contributed by atoms with Crippen molar-refractivity contribution in [1.29, 1.82) is 0 Å². The Balaban J connectivity index is 1.35. The number of piperidine rings is 2. The standard InChI is InChI=1S/C18H29N3O3/c1-2-24-17(23)21-13-3-4-14(21)10-15(9-13)20-7-5-18(6-8-20)11-16(22)19-12-18/h13-15H,2-12H2,1H3,(H,19,22)/t13-,14+,15?. The summed E-state index contributed by atoms with van der Waals surface area (Å²) in [6.07, 6.45) is 7.26. The van der Waals surface area contributed by atoms with Crippen molar-refractivity contribution in [2.24, 2.45) is 5.41 Å². The highest BCUT2D eigenvalue weighted by Crippen LogP contribution is 2.42. The van der Waals surface area contributed by atoms with Gasteiger partial charge in [-0.15, -0.1) is 0 Å². The molecule has 3 atom stereocenters. The molecule has 4 heterocycles. The number of rotatable bonds is 2. The fourth-order valence-corrected chi connectivity index (χ4v) is 5.41. The zero-order valence-corrected chi connectivity index (χ0v) is 14.6. The summed E-state index contributed by atoms with van der Waals surface area (Å²) in [6.45, 7) is 5.39. The third kappa shape index (κ3) is 2.79. The van der Waals surface area contributed by atoms with Gasteiger partial charge >= 0.3 is 6.09 Å². The fourth-order valence-electron chi connectivity index (χ4n) is 5.41. The van der Waals surface area contributed by atoms with Gasteiger partial charge in [0.05, 0.1) is 6.61 Å². The van der Waals surface area contributed by atoms with E-state index in [0.29, 0.717) is 31.2 Å². The SMILES string of the molecule is CCOC(=O)N1[C@@H]2CC[C@H]1CC(N1CCC3(CC1)CNC(=O)C3)C2. The molecule has 1 spiro atoms. The quantitative estimate of drug-likeness (QED) is 0.835. The summed E-state index contributed by atoms with van der Waals surface area (Å²) in [7, 11) is 0. The molecule has 0 saturated carbocycles. The van der Waals surface area contributed by atoms with Crippen molar-refractivity contribution in [2.75, 3.05) is 26.2 Å². The van der Waals surface area contributed by atoms with Crippen LogP contribution in [0.25, 0.3) is 0 Å². The first-order valence-electron chi connectivity index (χ1n) is 9.56. The molecule has 24 heavy (non-hydrogen) atoms. The fraction of sp³-hybridized carbons (Fsp3) is 0.889. The second-order valence-corrected chi connectivity index (χ2v) is 8.11. The number of nitrogens with zero attached hydrogens (tertiary/aromatic N) is 2. The summed E-state index contributed by atoms with van der Waals surface area (Å²) in [5.74, 6) is 0.226. The summed E-state index contributed by atoms with van der Waals surface area (Å²) in [6, 6.07) is 1.31. The molecule has 4 fully saturated rings. The number of hydrogen-bond acceptors (Lipinski definition) is 4. The highest BCUT2D eigenvalue weighted by atomic mass is 16.6. The highest BCUT2D eigenvalue weighted by molar-refractivity contribution is 5.79. The molecule has 2 amide bonds. The maximum Gasteiger partial charge on any atom is 0.410 e. The first kappa shape index (κ1) is 16.2. The smallest absolute Gasteiger partial charge is 0.410 e. The van der Waals surface area contributed by atoms with Crippen molar-refractivity contribution in [3.63, 3.8) is 0 Å². The van der Waals surface area contributed by atoms with E-state index >= 15 is 0 Å². The van der Waals surface area contributed by atoms with Gasteiger partial charge in [-0.25, -0.2) is 4.79 Å². The molecule has 1 unspecified atom stereocenters. The third-order valence-electron chi connectivity index (χ3n) is 6.76. The monoisotopic (exact) mass is 335 g/mol. The molecule has 4 aliphatic rings. The molecule has 6 nitrogen and oxygen atoms in total. The van der Waals surface area contributed by atoms with Crippen LogP contribution in [0.3, 0.4) is 0 Å². The summed E-state index contributed by atoms with van der Waals surface area (Å²) in [4.78, 5) is 28.4. The topological polar surface area (TPSA) is 61.9 Å². The van der Waals surface area contributed by atoms with Gasteiger partial charge in [0, 0.05) is 31.1 Å². The maximum absolute atomic E-state index is 12.2. The van der Waals surface area contributed by atoms with Crippen LogP contribution in [0.4, 0.5) is 4.79 Å². The van der Waals surface area contributed by atoms with E-state index in [-0.39, 0.29) is 17.4 Å². The molecule has 4 rings (SSSR count). The Hall–Kier alpha value is -1.30. The second kappa shape index (κ2) is 6.21. The molecule has 0 aliphatic carbocycles. The van der Waals surface area contributed by atoms with Crippen LogP contribution >= 0.6 is 0 Å². The lowest BCUT2D eigenvalue weighted by atomic mass is 9.77. The third-order valence-corrected chi connectivity index (χ3v) is 6.76. The minimum atomic E-state index is -0.114. The lowest BCUT2D eigenvalue weighted by Crippen LogP contribution is -2.54. The molecular weight excluding hydrogens is 306 g/mol. The van der Waals surface area contributed by atoms with E-state index in [1.54, 1.807) is 0 Å². The van der Waals surface area contributed by atoms with E-state index < -0.39 is 0 Å². The molecule has 0 aromatic heterocycles. The molecule has 0 radical (unpaired) electrons. The maximum atomic E-state index is 12.2. The van der Waals surface area contributed by atoms with Crippen molar-refractivity contribution in [3.05, 3.63) is 0 Å². The number of nitrogens with one attached hydrogen (secondary N) is 1. The molecule has 2 bridgehead atoms. The average Bonchev–Trinajstić information content (AvgIpc) is 3.05. The first-order valence-corrected chi connectivity index (χ1v) is 9.56. The first-order chi connectivity index (χ1) is 11.6. The van der Waals surface area contributed by atoms with Crippen LogP contribution in [0, 0.1) is 5.41 Å². The highest BCUT2D eigenvalue weighted by Gasteiger charge is 2.47. The summed E-state index contributed by atoms with van der Waals surface area (Å²) in [5.41, 5.74) is 0.220. The Kier molecular flexibility index (Phi) is 4.19. The van der Waals surface area contributed by atoms with Gasteiger partial charge in [-0.1, -0.05) is 0 Å². The van der Waals surface area contributed by atoms with Crippen molar-refractivity contribution >= 4 is 12.0 Å². The molecule has 4 saturated heterocycles. The molecule has 4 aliphatic heterocycles. The van der Waals surface area contributed by atoms with Crippen molar-refractivity contribution in [3.8, 4) is 0 Å². The summed E-state index contributed by atoms with van der Waals surface area (Å²) in [5, 5.41) is 3.01. The molecule has 134 valence electrons. The van der Waals surface area contributed by atoms with Crippen LogP contribution in [0.15, 0.2) is 0 Å². The predicted molar refractivity (Wildman–Crippen MR) is 89.6 cm³/mol. The van der Waals surface area contributed by atoms with Crippen LogP contribution in [0.2, 0.25) is 0 Å². The van der Waals surface area contributed by atoms with Crippen LogP contribution in [0.1, 0.15) is 51.9 Å². The van der Waals surface area contributed by atoms with E-state index in [9.17, 15) is 9.59 Å². The van der Waals surface area contributed by atoms with Crippen LogP contribution < -0.4 is 5.32 Å². The van der Waals surface area contributed by atoms with Crippen molar-refractivity contribution in [1.82, 2.24) is 15.1 Å².